The minimum atomic E-state index is -0.0178. The molecule has 2 aliphatic rings. The molecule has 0 radical (unpaired) electrons. The van der Waals surface area contributed by atoms with Crippen molar-refractivity contribution in [3.05, 3.63) is 34.9 Å². The van der Waals surface area contributed by atoms with E-state index in [-0.39, 0.29) is 6.03 Å². The minimum Gasteiger partial charge on any atom is -0.338 e. The Labute approximate surface area is 125 Å². The van der Waals surface area contributed by atoms with Crippen LogP contribution >= 0.6 is 11.6 Å². The predicted molar refractivity (Wildman–Crippen MR) is 80.9 cm³/mol. The molecule has 1 aromatic rings. The first kappa shape index (κ1) is 13.7. The van der Waals surface area contributed by atoms with E-state index in [0.717, 1.165) is 28.8 Å². The zero-order valence-corrected chi connectivity index (χ0v) is 12.3. The zero-order valence-electron chi connectivity index (χ0n) is 11.6. The molecular weight excluding hydrogens is 272 g/mol. The maximum Gasteiger partial charge on any atom is 0.315 e. The molecular formula is C16H21ClN2O. The molecule has 20 heavy (non-hydrogen) atoms. The van der Waals surface area contributed by atoms with Crippen LogP contribution in [0, 0.1) is 11.8 Å². The minimum absolute atomic E-state index is 0.0178. The van der Waals surface area contributed by atoms with E-state index in [4.69, 9.17) is 11.6 Å². The van der Waals surface area contributed by atoms with Crippen LogP contribution in [0.5, 0.6) is 0 Å². The van der Waals surface area contributed by atoms with Crippen molar-refractivity contribution < 1.29 is 4.79 Å². The lowest BCUT2D eigenvalue weighted by atomic mass is 10.1. The summed E-state index contributed by atoms with van der Waals surface area (Å²) in [7, 11) is 0. The number of hydrogen-bond donors (Lipinski definition) is 2. The number of nitrogens with one attached hydrogen (secondary N) is 2. The van der Waals surface area contributed by atoms with Gasteiger partial charge < -0.3 is 10.6 Å². The van der Waals surface area contributed by atoms with Crippen molar-refractivity contribution in [3.8, 4) is 0 Å². The van der Waals surface area contributed by atoms with Crippen LogP contribution in [0.4, 0.5) is 4.79 Å². The third kappa shape index (κ3) is 3.89. The van der Waals surface area contributed by atoms with E-state index >= 15 is 0 Å². The SMILES string of the molecule is O=C(NCCc1cccc(Cl)c1)NC(C1CC1)C1CC1. The number of amides is 2. The smallest absolute Gasteiger partial charge is 0.315 e. The van der Waals surface area contributed by atoms with Crippen molar-refractivity contribution in [1.29, 1.82) is 0 Å². The van der Waals surface area contributed by atoms with E-state index in [0.29, 0.717) is 12.6 Å². The van der Waals surface area contributed by atoms with E-state index < -0.39 is 0 Å². The van der Waals surface area contributed by atoms with Crippen molar-refractivity contribution in [2.24, 2.45) is 11.8 Å². The monoisotopic (exact) mass is 292 g/mol. The molecule has 108 valence electrons. The summed E-state index contributed by atoms with van der Waals surface area (Å²) < 4.78 is 0. The van der Waals surface area contributed by atoms with E-state index in [1.807, 2.05) is 24.3 Å². The number of benzene rings is 1. The van der Waals surface area contributed by atoms with Gasteiger partial charge in [-0.25, -0.2) is 4.79 Å². The molecule has 0 spiro atoms. The molecule has 0 heterocycles. The number of carbonyl (C=O) groups is 1. The summed E-state index contributed by atoms with van der Waals surface area (Å²) in [6.45, 7) is 0.647. The molecule has 2 fully saturated rings. The van der Waals surface area contributed by atoms with Gasteiger partial charge in [0.1, 0.15) is 0 Å². The summed E-state index contributed by atoms with van der Waals surface area (Å²) in [5, 5.41) is 6.86. The highest BCUT2D eigenvalue weighted by atomic mass is 35.5. The largest absolute Gasteiger partial charge is 0.338 e. The maximum atomic E-state index is 11.9. The summed E-state index contributed by atoms with van der Waals surface area (Å²) in [6, 6.07) is 8.17. The first-order valence-electron chi connectivity index (χ1n) is 7.51. The number of halogens is 1. The molecule has 4 heteroatoms. The summed E-state index contributed by atoms with van der Waals surface area (Å²) in [5.74, 6) is 1.47. The summed E-state index contributed by atoms with van der Waals surface area (Å²) in [4.78, 5) is 11.9. The van der Waals surface area contributed by atoms with Crippen molar-refractivity contribution in [2.75, 3.05) is 6.54 Å². The Morgan fingerprint density at radius 1 is 1.25 bits per heavy atom. The van der Waals surface area contributed by atoms with Crippen LogP contribution in [-0.2, 0) is 6.42 Å². The zero-order chi connectivity index (χ0) is 13.9. The molecule has 0 bridgehead atoms. The second kappa shape index (κ2) is 6.04. The average molecular weight is 293 g/mol. The molecule has 2 N–H and O–H groups in total. The molecule has 0 saturated heterocycles. The normalized spacial score (nSPS) is 18.1. The van der Waals surface area contributed by atoms with Crippen LogP contribution in [0.3, 0.4) is 0 Å². The Bertz CT molecular complexity index is 471. The van der Waals surface area contributed by atoms with Gasteiger partial charge in [0.15, 0.2) is 0 Å². The van der Waals surface area contributed by atoms with Gasteiger partial charge in [-0.3, -0.25) is 0 Å². The van der Waals surface area contributed by atoms with Gasteiger partial charge >= 0.3 is 6.03 Å². The lowest BCUT2D eigenvalue weighted by molar-refractivity contribution is 0.233. The van der Waals surface area contributed by atoms with Crippen LogP contribution < -0.4 is 10.6 Å². The van der Waals surface area contributed by atoms with Gasteiger partial charge in [-0.2, -0.15) is 0 Å². The highest BCUT2D eigenvalue weighted by Crippen LogP contribution is 2.44. The van der Waals surface area contributed by atoms with Crippen LogP contribution in [0.25, 0.3) is 0 Å². The van der Waals surface area contributed by atoms with E-state index in [1.54, 1.807) is 0 Å². The van der Waals surface area contributed by atoms with Crippen LogP contribution in [0.15, 0.2) is 24.3 Å². The van der Waals surface area contributed by atoms with Gasteiger partial charge in [-0.05, 0) is 61.6 Å². The van der Waals surface area contributed by atoms with E-state index in [9.17, 15) is 4.79 Å². The molecule has 0 unspecified atom stereocenters. The molecule has 2 amide bonds. The van der Waals surface area contributed by atoms with Crippen LogP contribution in [0.1, 0.15) is 31.2 Å². The second-order valence-corrected chi connectivity index (χ2v) is 6.42. The Hall–Kier alpha value is -1.22. The maximum absolute atomic E-state index is 11.9. The summed E-state index contributed by atoms with van der Waals surface area (Å²) in [5.41, 5.74) is 1.15. The van der Waals surface area contributed by atoms with Crippen LogP contribution in [-0.4, -0.2) is 18.6 Å². The lowest BCUT2D eigenvalue weighted by Gasteiger charge is -2.18. The third-order valence-corrected chi connectivity index (χ3v) is 4.38. The molecule has 3 nitrogen and oxygen atoms in total. The van der Waals surface area contributed by atoms with Gasteiger partial charge in [-0.15, -0.1) is 0 Å². The van der Waals surface area contributed by atoms with E-state index in [1.165, 1.54) is 25.7 Å². The van der Waals surface area contributed by atoms with Gasteiger partial charge in [0.25, 0.3) is 0 Å². The number of rotatable bonds is 6. The number of hydrogen-bond acceptors (Lipinski definition) is 1. The highest BCUT2D eigenvalue weighted by Gasteiger charge is 2.42. The average Bonchev–Trinajstić information content (AvgIpc) is 3.28. The van der Waals surface area contributed by atoms with Crippen molar-refractivity contribution in [2.45, 2.75) is 38.1 Å². The Morgan fingerprint density at radius 3 is 2.55 bits per heavy atom. The molecule has 2 saturated carbocycles. The fourth-order valence-corrected chi connectivity index (χ4v) is 2.96. The Kier molecular flexibility index (Phi) is 4.16. The Morgan fingerprint density at radius 2 is 1.95 bits per heavy atom. The molecule has 0 atom stereocenters. The van der Waals surface area contributed by atoms with Gasteiger partial charge in [0.05, 0.1) is 0 Å². The van der Waals surface area contributed by atoms with Gasteiger partial charge in [-0.1, -0.05) is 23.7 Å². The topological polar surface area (TPSA) is 41.1 Å². The Balaban J connectivity index is 1.40. The predicted octanol–water partition coefficient (Wildman–Crippen LogP) is 3.37. The summed E-state index contributed by atoms with van der Waals surface area (Å²) in [6.07, 6.45) is 5.94. The third-order valence-electron chi connectivity index (χ3n) is 4.15. The first-order valence-corrected chi connectivity index (χ1v) is 7.89. The molecule has 0 aromatic heterocycles. The first-order chi connectivity index (χ1) is 9.72. The summed E-state index contributed by atoms with van der Waals surface area (Å²) >= 11 is 5.94. The van der Waals surface area contributed by atoms with Crippen molar-refractivity contribution in [3.63, 3.8) is 0 Å². The van der Waals surface area contributed by atoms with Gasteiger partial charge in [0.2, 0.25) is 0 Å². The molecule has 0 aliphatic heterocycles. The van der Waals surface area contributed by atoms with Crippen molar-refractivity contribution in [1.82, 2.24) is 10.6 Å². The molecule has 1 aromatic carbocycles. The van der Waals surface area contributed by atoms with Gasteiger partial charge in [0, 0.05) is 17.6 Å². The second-order valence-electron chi connectivity index (χ2n) is 5.98. The van der Waals surface area contributed by atoms with Crippen molar-refractivity contribution >= 4 is 17.6 Å². The highest BCUT2D eigenvalue weighted by molar-refractivity contribution is 6.30. The molecule has 2 aliphatic carbocycles. The van der Waals surface area contributed by atoms with Crippen LogP contribution in [0.2, 0.25) is 5.02 Å². The molecule has 3 rings (SSSR count). The number of urea groups is 1. The quantitative estimate of drug-likeness (QED) is 0.829. The van der Waals surface area contributed by atoms with E-state index in [2.05, 4.69) is 10.6 Å². The fourth-order valence-electron chi connectivity index (χ4n) is 2.75. The fraction of sp³-hybridized carbons (Fsp3) is 0.562. The number of carbonyl (C=O) groups excluding carboxylic acids is 1. The standard InChI is InChI=1S/C16H21ClN2O/c17-14-3-1-2-11(10-14)8-9-18-16(20)19-15(12-4-5-12)13-6-7-13/h1-3,10,12-13,15H,4-9H2,(H2,18,19,20). The lowest BCUT2D eigenvalue weighted by Crippen LogP contribution is -2.44.